The monoisotopic (exact) mass is 433 g/mol. The smallest absolute Gasteiger partial charge is 0.263 e. The third-order valence-corrected chi connectivity index (χ3v) is 5.06. The van der Waals surface area contributed by atoms with Gasteiger partial charge in [-0.05, 0) is 36.1 Å². The molecule has 0 spiro atoms. The van der Waals surface area contributed by atoms with Gasteiger partial charge < -0.3 is 10.4 Å². The van der Waals surface area contributed by atoms with Gasteiger partial charge in [-0.2, -0.15) is 0 Å². The second-order valence-electron chi connectivity index (χ2n) is 8.00. The van der Waals surface area contributed by atoms with E-state index in [2.05, 4.69) is 31.1 Å². The van der Waals surface area contributed by atoms with Crippen LogP contribution in [0.2, 0.25) is 10.0 Å². The lowest BCUT2D eigenvalue weighted by Crippen LogP contribution is -2.24. The van der Waals surface area contributed by atoms with Gasteiger partial charge in [-0.15, -0.1) is 0 Å². The van der Waals surface area contributed by atoms with E-state index in [9.17, 15) is 14.7 Å². The summed E-state index contributed by atoms with van der Waals surface area (Å²) in [4.78, 5) is 30.1. The Kier molecular flexibility index (Phi) is 5.87. The summed E-state index contributed by atoms with van der Waals surface area (Å²) in [5.74, 6) is -0.799. The summed E-state index contributed by atoms with van der Waals surface area (Å²) in [6.07, 6.45) is 2.33. The van der Waals surface area contributed by atoms with Crippen LogP contribution in [0.3, 0.4) is 0 Å². The van der Waals surface area contributed by atoms with Crippen molar-refractivity contribution in [3.8, 4) is 5.75 Å². The van der Waals surface area contributed by atoms with E-state index in [4.69, 9.17) is 23.2 Å². The quantitative estimate of drug-likeness (QED) is 0.599. The van der Waals surface area contributed by atoms with Crippen molar-refractivity contribution in [1.29, 1.82) is 0 Å². The van der Waals surface area contributed by atoms with Crippen molar-refractivity contribution in [2.24, 2.45) is 5.41 Å². The zero-order valence-corrected chi connectivity index (χ0v) is 17.8. The third kappa shape index (κ3) is 4.71. The van der Waals surface area contributed by atoms with E-state index in [1.165, 1.54) is 18.5 Å². The van der Waals surface area contributed by atoms with Gasteiger partial charge in [-0.3, -0.25) is 14.2 Å². The molecule has 29 heavy (non-hydrogen) atoms. The van der Waals surface area contributed by atoms with E-state index in [0.29, 0.717) is 23.1 Å². The van der Waals surface area contributed by atoms with Crippen LogP contribution < -0.4 is 10.9 Å². The van der Waals surface area contributed by atoms with Crippen molar-refractivity contribution < 1.29 is 9.90 Å². The summed E-state index contributed by atoms with van der Waals surface area (Å²) in [7, 11) is 0. The van der Waals surface area contributed by atoms with Gasteiger partial charge in [-0.1, -0.05) is 50.0 Å². The van der Waals surface area contributed by atoms with Crippen molar-refractivity contribution >= 4 is 45.7 Å². The fourth-order valence-corrected chi connectivity index (χ4v) is 3.30. The minimum Gasteiger partial charge on any atom is -0.505 e. The first-order valence-corrected chi connectivity index (χ1v) is 9.80. The molecule has 1 aromatic heterocycles. The van der Waals surface area contributed by atoms with Gasteiger partial charge in [0.2, 0.25) is 0 Å². The normalized spacial score (nSPS) is 11.6. The van der Waals surface area contributed by atoms with Gasteiger partial charge >= 0.3 is 0 Å². The summed E-state index contributed by atoms with van der Waals surface area (Å²) in [5, 5.41) is 12.7. The molecule has 3 rings (SSSR count). The molecule has 2 N–H and O–H groups in total. The Hall–Kier alpha value is -2.57. The molecule has 0 aliphatic rings. The number of carbonyl (C=O) groups excluding carboxylic acids is 1. The standard InChI is InChI=1S/C21H21Cl2N3O3/c1-21(2,3)7-8-26-11-24-15-5-4-6-16(17(15)20(26)29)25-19(28)12-9-13(22)18(27)14(23)10-12/h4-6,9-11,27H,7-8H2,1-3H3,(H,25,28). The largest absolute Gasteiger partial charge is 0.505 e. The minimum atomic E-state index is -0.509. The van der Waals surface area contributed by atoms with Crippen LogP contribution in [0, 0.1) is 5.41 Å². The van der Waals surface area contributed by atoms with E-state index in [0.717, 1.165) is 6.42 Å². The van der Waals surface area contributed by atoms with E-state index < -0.39 is 5.91 Å². The number of amides is 1. The maximum absolute atomic E-state index is 13.0. The average Bonchev–Trinajstić information content (AvgIpc) is 2.64. The first kappa shape index (κ1) is 21.1. The number of rotatable bonds is 4. The molecule has 0 bridgehead atoms. The highest BCUT2D eigenvalue weighted by Crippen LogP contribution is 2.33. The highest BCUT2D eigenvalue weighted by Gasteiger charge is 2.16. The van der Waals surface area contributed by atoms with E-state index in [-0.39, 0.29) is 32.3 Å². The number of fused-ring (bicyclic) bond motifs is 1. The molecule has 6 nitrogen and oxygen atoms in total. The molecule has 0 saturated carbocycles. The Labute approximate surface area is 178 Å². The molecule has 0 aliphatic carbocycles. The second-order valence-corrected chi connectivity index (χ2v) is 8.81. The van der Waals surface area contributed by atoms with E-state index in [1.807, 2.05) is 0 Å². The highest BCUT2D eigenvalue weighted by atomic mass is 35.5. The molecule has 3 aromatic rings. The number of aromatic hydroxyl groups is 1. The molecule has 0 fully saturated rings. The molecule has 8 heteroatoms. The number of hydrogen-bond acceptors (Lipinski definition) is 4. The van der Waals surface area contributed by atoms with Crippen LogP contribution in [0.5, 0.6) is 5.75 Å². The van der Waals surface area contributed by atoms with E-state index >= 15 is 0 Å². The Balaban J connectivity index is 1.99. The van der Waals surface area contributed by atoms with Gasteiger partial charge in [0.15, 0.2) is 5.75 Å². The van der Waals surface area contributed by atoms with Crippen molar-refractivity contribution in [3.05, 3.63) is 62.6 Å². The van der Waals surface area contributed by atoms with Gasteiger partial charge in [-0.25, -0.2) is 4.98 Å². The number of hydrogen-bond donors (Lipinski definition) is 2. The Morgan fingerprint density at radius 1 is 1.21 bits per heavy atom. The fourth-order valence-electron chi connectivity index (χ4n) is 2.81. The number of nitrogens with zero attached hydrogens (tertiary/aromatic N) is 2. The van der Waals surface area contributed by atoms with Gasteiger partial charge in [0.05, 0.1) is 33.0 Å². The summed E-state index contributed by atoms with van der Waals surface area (Å²) in [5.41, 5.74) is 0.834. The summed E-state index contributed by atoms with van der Waals surface area (Å²) in [6.45, 7) is 6.83. The van der Waals surface area contributed by atoms with Crippen LogP contribution >= 0.6 is 23.2 Å². The molecule has 0 saturated heterocycles. The zero-order chi connectivity index (χ0) is 21.3. The molecule has 1 heterocycles. The average molecular weight is 434 g/mol. The first-order chi connectivity index (χ1) is 13.6. The minimum absolute atomic E-state index is 0.0354. The second kappa shape index (κ2) is 8.05. The SMILES string of the molecule is CC(C)(C)CCn1cnc2cccc(NC(=O)c3cc(Cl)c(O)c(Cl)c3)c2c1=O. The van der Waals surface area contributed by atoms with Crippen LogP contribution in [-0.4, -0.2) is 20.6 Å². The summed E-state index contributed by atoms with van der Waals surface area (Å²) < 4.78 is 1.55. The maximum Gasteiger partial charge on any atom is 0.263 e. The summed E-state index contributed by atoms with van der Waals surface area (Å²) >= 11 is 11.8. The molecule has 0 unspecified atom stereocenters. The van der Waals surface area contributed by atoms with Crippen LogP contribution in [0.4, 0.5) is 5.69 Å². The van der Waals surface area contributed by atoms with Crippen LogP contribution in [0.25, 0.3) is 10.9 Å². The van der Waals surface area contributed by atoms with Crippen molar-refractivity contribution in [2.45, 2.75) is 33.7 Å². The molecule has 0 atom stereocenters. The molecule has 0 aliphatic heterocycles. The van der Waals surface area contributed by atoms with Gasteiger partial charge in [0.1, 0.15) is 0 Å². The number of anilines is 1. The third-order valence-electron chi connectivity index (χ3n) is 4.48. The number of aryl methyl sites for hydroxylation is 1. The lowest BCUT2D eigenvalue weighted by atomic mass is 9.92. The zero-order valence-electron chi connectivity index (χ0n) is 16.3. The van der Waals surface area contributed by atoms with Gasteiger partial charge in [0, 0.05) is 12.1 Å². The summed E-state index contributed by atoms with van der Waals surface area (Å²) in [6, 6.07) is 7.68. The lowest BCUT2D eigenvalue weighted by Gasteiger charge is -2.18. The van der Waals surface area contributed by atoms with Crippen LogP contribution in [0.1, 0.15) is 37.6 Å². The van der Waals surface area contributed by atoms with Gasteiger partial charge in [0.25, 0.3) is 11.5 Å². The molecule has 152 valence electrons. The molecule has 2 aromatic carbocycles. The molecular weight excluding hydrogens is 413 g/mol. The molecule has 0 radical (unpaired) electrons. The van der Waals surface area contributed by atoms with Crippen molar-refractivity contribution in [2.75, 3.05) is 5.32 Å². The number of benzene rings is 2. The number of phenols is 1. The Morgan fingerprint density at radius 2 is 1.86 bits per heavy atom. The predicted molar refractivity (Wildman–Crippen MR) is 116 cm³/mol. The molecule has 1 amide bonds. The number of carbonyl (C=O) groups is 1. The number of aromatic nitrogens is 2. The Morgan fingerprint density at radius 3 is 2.48 bits per heavy atom. The Bertz CT molecular complexity index is 1130. The number of nitrogens with one attached hydrogen (secondary N) is 1. The predicted octanol–water partition coefficient (Wildman–Crippen LogP) is 5.10. The molecular formula is C21H21Cl2N3O3. The topological polar surface area (TPSA) is 84.2 Å². The highest BCUT2D eigenvalue weighted by molar-refractivity contribution is 6.37. The van der Waals surface area contributed by atoms with Crippen LogP contribution in [-0.2, 0) is 6.54 Å². The maximum atomic E-state index is 13.0. The van der Waals surface area contributed by atoms with Crippen molar-refractivity contribution in [3.63, 3.8) is 0 Å². The number of phenolic OH excluding ortho intramolecular Hbond substituents is 1. The van der Waals surface area contributed by atoms with E-state index in [1.54, 1.807) is 22.8 Å². The number of halogens is 2. The van der Waals surface area contributed by atoms with Crippen LogP contribution in [0.15, 0.2) is 41.5 Å². The fraction of sp³-hybridized carbons (Fsp3) is 0.286. The van der Waals surface area contributed by atoms with Crippen molar-refractivity contribution in [1.82, 2.24) is 9.55 Å². The lowest BCUT2D eigenvalue weighted by molar-refractivity contribution is 0.102. The first-order valence-electron chi connectivity index (χ1n) is 9.04.